The van der Waals surface area contributed by atoms with E-state index in [1.165, 1.54) is 31.3 Å². The zero-order valence-electron chi connectivity index (χ0n) is 20.7. The van der Waals surface area contributed by atoms with Gasteiger partial charge in [0.1, 0.15) is 0 Å². The van der Waals surface area contributed by atoms with Crippen LogP contribution in [0.4, 0.5) is 0 Å². The molecule has 3 saturated carbocycles. The largest absolute Gasteiger partial charge is 0.393 e. The van der Waals surface area contributed by atoms with Gasteiger partial charge in [0.05, 0.1) is 17.8 Å². The minimum absolute atomic E-state index is 0.198. The van der Waals surface area contributed by atoms with E-state index < -0.39 is 17.8 Å². The minimum atomic E-state index is -0.597. The number of rotatable bonds is 5. The van der Waals surface area contributed by atoms with Gasteiger partial charge >= 0.3 is 0 Å². The molecule has 0 saturated heterocycles. The Hall–Kier alpha value is -0.640. The van der Waals surface area contributed by atoms with Gasteiger partial charge in [0.15, 0.2) is 0 Å². The van der Waals surface area contributed by atoms with Gasteiger partial charge in [-0.3, -0.25) is 0 Å². The van der Waals surface area contributed by atoms with Crippen molar-refractivity contribution in [3.63, 3.8) is 0 Å². The molecule has 31 heavy (non-hydrogen) atoms. The summed E-state index contributed by atoms with van der Waals surface area (Å²) in [4.78, 5) is 0. The van der Waals surface area contributed by atoms with Crippen LogP contribution in [0.2, 0.25) is 0 Å². The normalized spacial score (nSPS) is 44.5. The summed E-state index contributed by atoms with van der Waals surface area (Å²) in [7, 11) is 0. The molecule has 0 unspecified atom stereocenters. The Bertz CT molecular complexity index is 746. The van der Waals surface area contributed by atoms with Crippen LogP contribution in [0.25, 0.3) is 0 Å². The molecule has 0 aromatic heterocycles. The molecule has 0 amide bonds. The Labute approximate surface area is 190 Å². The van der Waals surface area contributed by atoms with Crippen LogP contribution in [-0.4, -0.2) is 33.1 Å². The molecular formula is C28H46O3. The lowest BCUT2D eigenvalue weighted by Gasteiger charge is -2.56. The molecule has 3 N–H and O–H groups in total. The zero-order valence-corrected chi connectivity index (χ0v) is 20.7. The van der Waals surface area contributed by atoms with Crippen molar-refractivity contribution in [1.82, 2.24) is 0 Å². The topological polar surface area (TPSA) is 60.7 Å². The maximum atomic E-state index is 11.1. The number of aliphatic hydroxyl groups is 3. The first-order valence-corrected chi connectivity index (χ1v) is 12.9. The summed E-state index contributed by atoms with van der Waals surface area (Å²) in [5.41, 5.74) is 2.41. The molecule has 0 aromatic carbocycles. The van der Waals surface area contributed by atoms with Gasteiger partial charge in [0.25, 0.3) is 0 Å². The van der Waals surface area contributed by atoms with Crippen LogP contribution < -0.4 is 0 Å². The van der Waals surface area contributed by atoms with Crippen LogP contribution in [0, 0.1) is 40.4 Å². The van der Waals surface area contributed by atoms with E-state index in [4.69, 9.17) is 0 Å². The van der Waals surface area contributed by atoms with Crippen LogP contribution in [0.3, 0.4) is 0 Å². The summed E-state index contributed by atoms with van der Waals surface area (Å²) in [5.74, 6) is 2.79. The van der Waals surface area contributed by atoms with E-state index in [9.17, 15) is 15.3 Å². The molecule has 0 heterocycles. The third-order valence-electron chi connectivity index (χ3n) is 10.7. The first-order valence-electron chi connectivity index (χ1n) is 12.9. The second kappa shape index (κ2) is 7.99. The summed E-state index contributed by atoms with van der Waals surface area (Å²) in [5, 5.41) is 31.6. The summed E-state index contributed by atoms with van der Waals surface area (Å²) in [6, 6.07) is 0. The minimum Gasteiger partial charge on any atom is -0.393 e. The average molecular weight is 431 g/mol. The van der Waals surface area contributed by atoms with Crippen LogP contribution in [0.1, 0.15) is 92.9 Å². The van der Waals surface area contributed by atoms with Gasteiger partial charge in [-0.25, -0.2) is 0 Å². The lowest BCUT2D eigenvalue weighted by atomic mass is 9.49. The highest BCUT2D eigenvalue weighted by atomic mass is 16.3. The Morgan fingerprint density at radius 1 is 1.03 bits per heavy atom. The molecule has 0 aliphatic heterocycles. The first kappa shape index (κ1) is 23.5. The van der Waals surface area contributed by atoms with Gasteiger partial charge in [-0.1, -0.05) is 57.4 Å². The monoisotopic (exact) mass is 430 g/mol. The molecule has 176 valence electrons. The SMILES string of the molecule is C[C@H](CC[C@H](C)C(C)(C)O)[C@H]1CC[C@H]2C3=CC=C4C[C@@H](O)C[C@H](O)[C@]4(C)[C@H]3CC[C@]12C. The third-order valence-corrected chi connectivity index (χ3v) is 10.7. The van der Waals surface area contributed by atoms with Gasteiger partial charge in [0, 0.05) is 11.8 Å². The lowest BCUT2D eigenvalue weighted by Crippen LogP contribution is -2.52. The average Bonchev–Trinajstić information content (AvgIpc) is 3.03. The van der Waals surface area contributed by atoms with E-state index in [1.54, 1.807) is 5.57 Å². The second-order valence-corrected chi connectivity index (χ2v) is 12.7. The zero-order chi connectivity index (χ0) is 22.8. The van der Waals surface area contributed by atoms with Crippen molar-refractivity contribution in [2.75, 3.05) is 0 Å². The van der Waals surface area contributed by atoms with Crippen molar-refractivity contribution >= 4 is 0 Å². The Balaban J connectivity index is 1.53. The standard InChI is InChI=1S/C28H46O3/c1-17(7-8-18(2)26(3,4)31)22-11-12-23-21-10-9-19-15-20(29)16-25(30)28(19,6)24(21)13-14-27(22,23)5/h9-10,17-18,20,22-25,29-31H,7-8,11-16H2,1-6H3/t17-,18+,20-,22-,23+,24+,25+,27-,28+/m1/s1. The summed E-state index contributed by atoms with van der Waals surface area (Å²) < 4.78 is 0. The van der Waals surface area contributed by atoms with E-state index >= 15 is 0 Å². The molecule has 9 atom stereocenters. The fraction of sp³-hybridized carbons (Fsp3) is 0.857. The smallest absolute Gasteiger partial charge is 0.0661 e. The molecule has 4 rings (SSSR count). The van der Waals surface area contributed by atoms with Crippen molar-refractivity contribution in [3.8, 4) is 0 Å². The quantitative estimate of drug-likeness (QED) is 0.529. The fourth-order valence-corrected chi connectivity index (χ4v) is 8.09. The lowest BCUT2D eigenvalue weighted by molar-refractivity contribution is -0.0547. The number of fused-ring (bicyclic) bond motifs is 5. The highest BCUT2D eigenvalue weighted by Gasteiger charge is 2.58. The molecule has 0 aromatic rings. The van der Waals surface area contributed by atoms with Crippen LogP contribution in [0.15, 0.2) is 23.3 Å². The molecule has 4 aliphatic carbocycles. The molecule has 0 radical (unpaired) electrons. The van der Waals surface area contributed by atoms with E-state index in [2.05, 4.69) is 39.8 Å². The number of allylic oxidation sites excluding steroid dienone is 3. The first-order chi connectivity index (χ1) is 14.4. The van der Waals surface area contributed by atoms with Gasteiger partial charge in [-0.15, -0.1) is 0 Å². The Morgan fingerprint density at radius 3 is 2.42 bits per heavy atom. The van der Waals surface area contributed by atoms with Crippen LogP contribution in [-0.2, 0) is 0 Å². The number of aliphatic hydroxyl groups excluding tert-OH is 2. The molecular weight excluding hydrogens is 384 g/mol. The van der Waals surface area contributed by atoms with Gasteiger partial charge in [-0.2, -0.15) is 0 Å². The van der Waals surface area contributed by atoms with E-state index in [0.717, 1.165) is 25.2 Å². The fourth-order valence-electron chi connectivity index (χ4n) is 8.09. The predicted molar refractivity (Wildman–Crippen MR) is 126 cm³/mol. The van der Waals surface area contributed by atoms with E-state index in [1.807, 2.05) is 13.8 Å². The van der Waals surface area contributed by atoms with Crippen molar-refractivity contribution in [1.29, 1.82) is 0 Å². The van der Waals surface area contributed by atoms with Crippen molar-refractivity contribution in [3.05, 3.63) is 23.3 Å². The Kier molecular flexibility index (Phi) is 6.06. The summed E-state index contributed by atoms with van der Waals surface area (Å²) in [6.45, 7) is 13.3. The predicted octanol–water partition coefficient (Wildman–Crippen LogP) is 5.64. The molecule has 4 aliphatic rings. The molecule has 3 nitrogen and oxygen atoms in total. The maximum Gasteiger partial charge on any atom is 0.0661 e. The van der Waals surface area contributed by atoms with Crippen LogP contribution >= 0.6 is 0 Å². The highest BCUT2D eigenvalue weighted by molar-refractivity contribution is 5.40. The van der Waals surface area contributed by atoms with E-state index in [-0.39, 0.29) is 5.41 Å². The second-order valence-electron chi connectivity index (χ2n) is 12.7. The molecule has 0 bridgehead atoms. The van der Waals surface area contributed by atoms with E-state index in [0.29, 0.717) is 35.5 Å². The summed E-state index contributed by atoms with van der Waals surface area (Å²) >= 11 is 0. The van der Waals surface area contributed by atoms with Gasteiger partial charge in [-0.05, 0) is 87.4 Å². The Morgan fingerprint density at radius 2 is 1.74 bits per heavy atom. The van der Waals surface area contributed by atoms with Crippen molar-refractivity contribution in [2.24, 2.45) is 40.4 Å². The summed E-state index contributed by atoms with van der Waals surface area (Å²) in [6.07, 6.45) is 12.3. The van der Waals surface area contributed by atoms with Crippen molar-refractivity contribution < 1.29 is 15.3 Å². The van der Waals surface area contributed by atoms with Crippen LogP contribution in [0.5, 0.6) is 0 Å². The third kappa shape index (κ3) is 3.77. The van der Waals surface area contributed by atoms with Gasteiger partial charge < -0.3 is 15.3 Å². The maximum absolute atomic E-state index is 11.1. The highest BCUT2D eigenvalue weighted by Crippen LogP contribution is 2.66. The molecule has 0 spiro atoms. The van der Waals surface area contributed by atoms with Gasteiger partial charge in [0.2, 0.25) is 0 Å². The molecule has 3 fully saturated rings. The molecule has 3 heteroatoms. The number of hydrogen-bond donors (Lipinski definition) is 3. The number of hydrogen-bond acceptors (Lipinski definition) is 3. The van der Waals surface area contributed by atoms with Crippen molar-refractivity contribution in [2.45, 2.75) is 111 Å².